The monoisotopic (exact) mass is 381 g/mol. The van der Waals surface area contributed by atoms with Crippen LogP contribution in [0.3, 0.4) is 0 Å². The van der Waals surface area contributed by atoms with Crippen LogP contribution in [0.2, 0.25) is 0 Å². The predicted octanol–water partition coefficient (Wildman–Crippen LogP) is 3.42. The highest BCUT2D eigenvalue weighted by molar-refractivity contribution is 7.99. The van der Waals surface area contributed by atoms with Crippen molar-refractivity contribution in [3.8, 4) is 0 Å². The number of hydrogen-bond donors (Lipinski definition) is 0. The van der Waals surface area contributed by atoms with Crippen molar-refractivity contribution in [2.45, 2.75) is 45.3 Å². The smallest absolute Gasteiger partial charge is 0.409 e. The van der Waals surface area contributed by atoms with Gasteiger partial charge in [0.15, 0.2) is 5.16 Å². The van der Waals surface area contributed by atoms with Crippen molar-refractivity contribution in [1.29, 1.82) is 0 Å². The van der Waals surface area contributed by atoms with Gasteiger partial charge in [-0.3, -0.25) is 9.36 Å². The lowest BCUT2D eigenvalue weighted by Crippen LogP contribution is -2.27. The first-order valence-electron chi connectivity index (χ1n) is 8.58. The van der Waals surface area contributed by atoms with E-state index in [0.29, 0.717) is 32.0 Å². The number of aromatic nitrogens is 2. The Hall–Kier alpha value is -1.54. The zero-order chi connectivity index (χ0) is 18.0. The molecule has 0 aromatic carbocycles. The highest BCUT2D eigenvalue weighted by Gasteiger charge is 2.22. The molecule has 0 radical (unpaired) electrons. The van der Waals surface area contributed by atoms with Crippen molar-refractivity contribution in [2.75, 3.05) is 25.4 Å². The number of carbonyl (C=O) groups excluding carboxylic acids is 1. The van der Waals surface area contributed by atoms with Gasteiger partial charge in [-0.2, -0.15) is 0 Å². The molecule has 0 saturated carbocycles. The van der Waals surface area contributed by atoms with Crippen LogP contribution in [0.15, 0.2) is 9.95 Å². The number of thioether (sulfide) groups is 1. The molecule has 0 N–H and O–H groups in total. The van der Waals surface area contributed by atoms with E-state index in [1.165, 1.54) is 11.8 Å². The summed E-state index contributed by atoms with van der Waals surface area (Å²) in [4.78, 5) is 32.9. The van der Waals surface area contributed by atoms with Gasteiger partial charge in [0.1, 0.15) is 11.4 Å². The van der Waals surface area contributed by atoms with E-state index in [1.807, 2.05) is 13.8 Å². The number of fused-ring (bicyclic) bond motifs is 1. The lowest BCUT2D eigenvalue weighted by atomic mass is 10.2. The van der Waals surface area contributed by atoms with Crippen LogP contribution < -0.4 is 5.56 Å². The lowest BCUT2D eigenvalue weighted by molar-refractivity contribution is 0.160. The van der Waals surface area contributed by atoms with Gasteiger partial charge in [-0.25, -0.2) is 9.78 Å². The quantitative estimate of drug-likeness (QED) is 0.543. The van der Waals surface area contributed by atoms with Gasteiger partial charge in [0, 0.05) is 23.7 Å². The Morgan fingerprint density at radius 1 is 1.28 bits per heavy atom. The maximum Gasteiger partial charge on any atom is 0.409 e. The number of unbranched alkanes of at least 4 members (excludes halogenated alkanes) is 1. The topological polar surface area (TPSA) is 64.4 Å². The van der Waals surface area contributed by atoms with Crippen LogP contribution in [0.25, 0.3) is 10.2 Å². The van der Waals surface area contributed by atoms with Crippen LogP contribution in [0.4, 0.5) is 4.79 Å². The molecule has 0 aliphatic carbocycles. The fourth-order valence-electron chi connectivity index (χ4n) is 2.81. The molecule has 6 nitrogen and oxygen atoms in total. The van der Waals surface area contributed by atoms with Crippen molar-refractivity contribution in [3.63, 3.8) is 0 Å². The Morgan fingerprint density at radius 3 is 2.76 bits per heavy atom. The summed E-state index contributed by atoms with van der Waals surface area (Å²) in [7, 11) is 0. The fraction of sp³-hybridized carbons (Fsp3) is 0.588. The second-order valence-corrected chi connectivity index (χ2v) is 8.38. The Bertz CT molecular complexity index is 844. The van der Waals surface area contributed by atoms with Crippen LogP contribution in [-0.2, 0) is 11.3 Å². The van der Waals surface area contributed by atoms with Gasteiger partial charge >= 0.3 is 6.09 Å². The summed E-state index contributed by atoms with van der Waals surface area (Å²) in [5, 5.41) is 1.51. The maximum atomic E-state index is 13.0. The molecule has 3 rings (SSSR count). The Labute approximate surface area is 155 Å². The van der Waals surface area contributed by atoms with E-state index in [-0.39, 0.29) is 11.7 Å². The Morgan fingerprint density at radius 2 is 2.08 bits per heavy atom. The average molecular weight is 382 g/mol. The number of nitrogens with zero attached hydrogens (tertiary/aromatic N) is 3. The van der Waals surface area contributed by atoms with Crippen molar-refractivity contribution < 1.29 is 9.53 Å². The van der Waals surface area contributed by atoms with Gasteiger partial charge in [0.05, 0.1) is 11.9 Å². The minimum Gasteiger partial charge on any atom is -0.448 e. The van der Waals surface area contributed by atoms with E-state index < -0.39 is 0 Å². The zero-order valence-corrected chi connectivity index (χ0v) is 16.5. The molecule has 2 aromatic rings. The number of amides is 1. The van der Waals surface area contributed by atoms with Crippen molar-refractivity contribution >= 4 is 39.4 Å². The minimum absolute atomic E-state index is 0.0587. The van der Waals surface area contributed by atoms with Crippen LogP contribution in [-0.4, -0.2) is 46.0 Å². The number of carbonyl (C=O) groups is 1. The van der Waals surface area contributed by atoms with E-state index in [1.54, 1.807) is 20.8 Å². The van der Waals surface area contributed by atoms with Crippen LogP contribution in [0.5, 0.6) is 0 Å². The summed E-state index contributed by atoms with van der Waals surface area (Å²) < 4.78 is 6.75. The van der Waals surface area contributed by atoms with Crippen molar-refractivity contribution in [1.82, 2.24) is 14.5 Å². The normalized spacial score (nSPS) is 14.5. The van der Waals surface area contributed by atoms with E-state index in [9.17, 15) is 9.59 Å². The minimum atomic E-state index is -0.253. The fourth-order valence-corrected chi connectivity index (χ4v) is 4.87. The molecule has 1 fully saturated rings. The number of rotatable bonds is 7. The molecule has 1 saturated heterocycles. The summed E-state index contributed by atoms with van der Waals surface area (Å²) in [5.41, 5.74) is 1.10. The third kappa shape index (κ3) is 3.69. The molecule has 0 spiro atoms. The molecule has 1 aliphatic heterocycles. The number of aryl methyl sites for hydroxylation is 2. The first-order chi connectivity index (χ1) is 12.0. The van der Waals surface area contributed by atoms with Gasteiger partial charge in [0.25, 0.3) is 5.56 Å². The SMILES string of the molecule is CCCCn1c(SCCN2CCOC2=O)nc2sc(C)c(C)c2c1=O. The van der Waals surface area contributed by atoms with Crippen LogP contribution in [0.1, 0.15) is 30.2 Å². The predicted molar refractivity (Wildman–Crippen MR) is 102 cm³/mol. The molecule has 0 atom stereocenters. The van der Waals surface area contributed by atoms with Crippen LogP contribution in [0, 0.1) is 13.8 Å². The highest BCUT2D eigenvalue weighted by Crippen LogP contribution is 2.28. The summed E-state index contributed by atoms with van der Waals surface area (Å²) in [6.45, 7) is 8.52. The molecule has 0 unspecified atom stereocenters. The van der Waals surface area contributed by atoms with Crippen molar-refractivity contribution in [3.05, 3.63) is 20.8 Å². The Kier molecular flexibility index (Phi) is 5.68. The molecule has 1 aliphatic rings. The van der Waals surface area contributed by atoms with E-state index >= 15 is 0 Å². The van der Waals surface area contributed by atoms with Crippen LogP contribution >= 0.6 is 23.1 Å². The van der Waals surface area contributed by atoms with Gasteiger partial charge in [-0.15, -0.1) is 11.3 Å². The van der Waals surface area contributed by atoms with E-state index in [0.717, 1.165) is 38.7 Å². The third-order valence-electron chi connectivity index (χ3n) is 4.43. The van der Waals surface area contributed by atoms with Crippen molar-refractivity contribution in [2.24, 2.45) is 0 Å². The maximum absolute atomic E-state index is 13.0. The second kappa shape index (κ2) is 7.78. The summed E-state index contributed by atoms with van der Waals surface area (Å²) in [6, 6.07) is 0. The molecule has 3 heterocycles. The first-order valence-corrected chi connectivity index (χ1v) is 10.4. The molecule has 2 aromatic heterocycles. The number of ether oxygens (including phenoxy) is 1. The summed E-state index contributed by atoms with van der Waals surface area (Å²) >= 11 is 3.12. The lowest BCUT2D eigenvalue weighted by Gasteiger charge is -2.14. The summed E-state index contributed by atoms with van der Waals surface area (Å²) in [6.07, 6.45) is 1.72. The molecule has 25 heavy (non-hydrogen) atoms. The standard InChI is InChI=1S/C17H23N3O3S2/c1-4-5-6-20-15(21)13-11(2)12(3)25-14(13)18-16(20)24-10-8-19-7-9-23-17(19)22/h4-10H2,1-3H3. The third-order valence-corrected chi connectivity index (χ3v) is 6.48. The van der Waals surface area contributed by atoms with Gasteiger partial charge in [-0.1, -0.05) is 25.1 Å². The van der Waals surface area contributed by atoms with Gasteiger partial charge in [0.2, 0.25) is 0 Å². The highest BCUT2D eigenvalue weighted by atomic mass is 32.2. The largest absolute Gasteiger partial charge is 0.448 e. The molecule has 0 bridgehead atoms. The number of thiophene rings is 1. The molecule has 8 heteroatoms. The Balaban J connectivity index is 1.86. The second-order valence-electron chi connectivity index (χ2n) is 6.12. The van der Waals surface area contributed by atoms with Gasteiger partial charge < -0.3 is 9.64 Å². The van der Waals surface area contributed by atoms with E-state index in [4.69, 9.17) is 9.72 Å². The summed E-state index contributed by atoms with van der Waals surface area (Å²) in [5.74, 6) is 0.697. The molecule has 1 amide bonds. The van der Waals surface area contributed by atoms with Gasteiger partial charge in [-0.05, 0) is 25.8 Å². The van der Waals surface area contributed by atoms with E-state index in [2.05, 4.69) is 6.92 Å². The average Bonchev–Trinajstić information content (AvgIpc) is 3.11. The zero-order valence-electron chi connectivity index (χ0n) is 14.8. The first kappa shape index (κ1) is 18.3. The number of cyclic esters (lactones) is 1. The molecular weight excluding hydrogens is 358 g/mol. The molecule has 136 valence electrons. The number of hydrogen-bond acceptors (Lipinski definition) is 6. The molecular formula is C17H23N3O3S2.